The number of rotatable bonds is 2. The fraction of sp³-hybridized carbons (Fsp3) is 0.267. The van der Waals surface area contributed by atoms with Crippen LogP contribution in [0.4, 0.5) is 5.69 Å². The summed E-state index contributed by atoms with van der Waals surface area (Å²) in [5.74, 6) is -3.56. The van der Waals surface area contributed by atoms with Gasteiger partial charge in [-0.25, -0.2) is 4.90 Å². The van der Waals surface area contributed by atoms with Gasteiger partial charge in [0.2, 0.25) is 11.8 Å². The van der Waals surface area contributed by atoms with Gasteiger partial charge in [-0.05, 0) is 74.1 Å². The second-order valence-electron chi connectivity index (χ2n) is 10.4. The minimum Gasteiger partial charge on any atom is -0.508 e. The van der Waals surface area contributed by atoms with Gasteiger partial charge in [-0.3, -0.25) is 19.2 Å². The number of hydrogen-bond donors (Lipinski definition) is 1. The molecule has 2 aromatic rings. The molecule has 0 spiro atoms. The predicted molar refractivity (Wildman–Crippen MR) is 143 cm³/mol. The Kier molecular flexibility index (Phi) is 5.74. The van der Waals surface area contributed by atoms with E-state index in [0.717, 1.165) is 11.1 Å². The van der Waals surface area contributed by atoms with Crippen LogP contribution in [-0.4, -0.2) is 28.5 Å². The van der Waals surface area contributed by atoms with Crippen LogP contribution in [0.1, 0.15) is 36.8 Å². The molecule has 0 radical (unpaired) electrons. The average Bonchev–Trinajstić information content (AvgIpc) is 3.13. The summed E-state index contributed by atoms with van der Waals surface area (Å²) in [4.78, 5) is 55.3. The van der Waals surface area contributed by atoms with Gasteiger partial charge in [0.05, 0.1) is 17.5 Å². The maximum atomic E-state index is 13.9. The van der Waals surface area contributed by atoms with Gasteiger partial charge in [-0.15, -0.1) is 0 Å². The van der Waals surface area contributed by atoms with E-state index in [1.807, 2.05) is 13.0 Å². The molecule has 2 amide bonds. The highest BCUT2D eigenvalue weighted by atomic mass is 35.5. The number of hydrogen-bond acceptors (Lipinski definition) is 5. The molecule has 1 saturated heterocycles. The first-order valence-electron chi connectivity index (χ1n) is 12.4. The van der Waals surface area contributed by atoms with Crippen LogP contribution in [0, 0.1) is 24.7 Å². The molecule has 6 nitrogen and oxygen atoms in total. The lowest BCUT2D eigenvalue weighted by Crippen LogP contribution is -2.39. The largest absolute Gasteiger partial charge is 0.508 e. The van der Waals surface area contributed by atoms with E-state index in [0.29, 0.717) is 39.4 Å². The molecule has 0 bridgehead atoms. The third kappa shape index (κ3) is 3.54. The lowest BCUT2D eigenvalue weighted by molar-refractivity contribution is -0.123. The monoisotopic (exact) mass is 547 g/mol. The molecular formula is C30H23Cl2NO5. The average molecular weight is 548 g/mol. The van der Waals surface area contributed by atoms with Gasteiger partial charge >= 0.3 is 0 Å². The summed E-state index contributed by atoms with van der Waals surface area (Å²) in [6.07, 6.45) is 3.79. The zero-order chi connectivity index (χ0) is 27.0. The SMILES string of the molecule is CC1=CC(=O)C2=C(C[C@@H]3C(=CC[C@@H]4C(=O)N(c5ccc(C)c(Cl)c5)C(=O)[C@@H]43)[C@@H]2c2ccc(O)cc2Cl)C1=O. The third-order valence-electron chi connectivity index (χ3n) is 8.27. The molecule has 1 fully saturated rings. The summed E-state index contributed by atoms with van der Waals surface area (Å²) in [6, 6.07) is 9.63. The number of Topliss-reactive ketones (excluding diaryl/α,β-unsaturated/α-hetero) is 1. The van der Waals surface area contributed by atoms with Crippen LogP contribution < -0.4 is 4.90 Å². The number of fused-ring (bicyclic) bond motifs is 3. The molecule has 2 aromatic carbocycles. The number of benzene rings is 2. The van der Waals surface area contributed by atoms with Gasteiger partial charge in [0.1, 0.15) is 5.75 Å². The first-order valence-corrected chi connectivity index (χ1v) is 13.2. The van der Waals surface area contributed by atoms with E-state index in [4.69, 9.17) is 23.2 Å². The summed E-state index contributed by atoms with van der Waals surface area (Å²) in [5.41, 5.74) is 3.69. The molecule has 1 N–H and O–H groups in total. The summed E-state index contributed by atoms with van der Waals surface area (Å²) in [5, 5.41) is 10.7. The molecule has 192 valence electrons. The van der Waals surface area contributed by atoms with Crippen LogP contribution in [0.5, 0.6) is 5.75 Å². The van der Waals surface area contributed by atoms with Gasteiger partial charge < -0.3 is 5.11 Å². The Balaban J connectivity index is 1.49. The van der Waals surface area contributed by atoms with Gasteiger partial charge in [-0.1, -0.05) is 47.0 Å². The van der Waals surface area contributed by atoms with Gasteiger partial charge in [-0.2, -0.15) is 0 Å². The Hall–Kier alpha value is -3.48. The lowest BCUT2D eigenvalue weighted by atomic mass is 9.59. The fourth-order valence-electron chi connectivity index (χ4n) is 6.46. The van der Waals surface area contributed by atoms with Gasteiger partial charge in [0.15, 0.2) is 11.6 Å². The van der Waals surface area contributed by atoms with Crippen LogP contribution in [0.25, 0.3) is 0 Å². The molecule has 4 aliphatic rings. The summed E-state index contributed by atoms with van der Waals surface area (Å²) < 4.78 is 0. The number of aryl methyl sites for hydroxylation is 1. The van der Waals surface area contributed by atoms with Crippen molar-refractivity contribution in [3.05, 3.63) is 92.0 Å². The molecule has 38 heavy (non-hydrogen) atoms. The number of imide groups is 1. The van der Waals surface area contributed by atoms with E-state index in [9.17, 15) is 24.3 Å². The number of halogens is 2. The number of ketones is 2. The number of anilines is 1. The number of phenols is 1. The van der Waals surface area contributed by atoms with E-state index in [1.165, 1.54) is 23.1 Å². The van der Waals surface area contributed by atoms with Crippen LogP contribution in [0.15, 0.2) is 70.8 Å². The highest BCUT2D eigenvalue weighted by Crippen LogP contribution is 2.56. The maximum absolute atomic E-state index is 13.9. The Bertz CT molecular complexity index is 1580. The van der Waals surface area contributed by atoms with E-state index in [-0.39, 0.29) is 40.6 Å². The van der Waals surface area contributed by atoms with Crippen LogP contribution in [0.3, 0.4) is 0 Å². The number of nitrogens with zero attached hydrogens (tertiary/aromatic N) is 1. The zero-order valence-electron chi connectivity index (χ0n) is 20.6. The predicted octanol–water partition coefficient (Wildman–Crippen LogP) is 5.64. The first-order chi connectivity index (χ1) is 18.1. The Morgan fingerprint density at radius 3 is 2.39 bits per heavy atom. The lowest BCUT2D eigenvalue weighted by Gasteiger charge is -2.42. The van der Waals surface area contributed by atoms with Crippen molar-refractivity contribution in [1.29, 1.82) is 0 Å². The molecule has 4 atom stereocenters. The number of allylic oxidation sites excluding steroid dienone is 6. The molecular weight excluding hydrogens is 525 g/mol. The first kappa shape index (κ1) is 24.8. The minimum absolute atomic E-state index is 0.0243. The van der Waals surface area contributed by atoms with E-state index < -0.39 is 23.7 Å². The van der Waals surface area contributed by atoms with E-state index >= 15 is 0 Å². The second-order valence-corrected chi connectivity index (χ2v) is 11.2. The minimum atomic E-state index is -0.691. The quantitative estimate of drug-likeness (QED) is 0.298. The molecule has 6 rings (SSSR count). The molecule has 0 saturated carbocycles. The molecule has 3 aliphatic carbocycles. The van der Waals surface area contributed by atoms with Crippen molar-refractivity contribution < 1.29 is 24.3 Å². The van der Waals surface area contributed by atoms with Crippen molar-refractivity contribution in [2.45, 2.75) is 32.6 Å². The van der Waals surface area contributed by atoms with Crippen LogP contribution >= 0.6 is 23.2 Å². The number of amides is 2. The van der Waals surface area contributed by atoms with E-state index in [2.05, 4.69) is 0 Å². The molecule has 8 heteroatoms. The normalized spacial score (nSPS) is 26.7. The Morgan fingerprint density at radius 1 is 0.921 bits per heavy atom. The zero-order valence-corrected chi connectivity index (χ0v) is 22.1. The van der Waals surface area contributed by atoms with E-state index in [1.54, 1.807) is 31.2 Å². The van der Waals surface area contributed by atoms with Crippen molar-refractivity contribution in [2.75, 3.05) is 4.90 Å². The third-order valence-corrected chi connectivity index (χ3v) is 9.01. The van der Waals surface area contributed by atoms with Crippen LogP contribution in [0.2, 0.25) is 10.0 Å². The number of phenolic OH excluding ortho intramolecular Hbond substituents is 1. The molecule has 0 aromatic heterocycles. The molecule has 0 unspecified atom stereocenters. The van der Waals surface area contributed by atoms with Crippen molar-refractivity contribution in [1.82, 2.24) is 0 Å². The van der Waals surface area contributed by atoms with Crippen molar-refractivity contribution in [2.24, 2.45) is 17.8 Å². The smallest absolute Gasteiger partial charge is 0.238 e. The highest BCUT2D eigenvalue weighted by molar-refractivity contribution is 6.33. The summed E-state index contributed by atoms with van der Waals surface area (Å²) in [6.45, 7) is 3.45. The molecule has 1 aliphatic heterocycles. The summed E-state index contributed by atoms with van der Waals surface area (Å²) in [7, 11) is 0. The van der Waals surface area contributed by atoms with Crippen molar-refractivity contribution in [3.63, 3.8) is 0 Å². The number of carbonyl (C=O) groups is 4. The standard InChI is InChI=1S/C30H23Cl2NO5/c1-13-3-4-15(10-22(13)31)33-29(37)19-8-7-17-20(26(19)30(33)38)12-21-27(24(35)9-14(2)28(21)36)25(17)18-6-5-16(34)11-23(18)32/h3-7,9-11,19-20,25-26,34H,8,12H2,1-2H3/t19-,20+,25+,26-/m0/s1. The fourth-order valence-corrected chi connectivity index (χ4v) is 6.92. The van der Waals surface area contributed by atoms with Crippen molar-refractivity contribution >= 4 is 52.3 Å². The Labute approximate surface area is 229 Å². The maximum Gasteiger partial charge on any atom is 0.238 e. The number of aromatic hydroxyl groups is 1. The van der Waals surface area contributed by atoms with Gasteiger partial charge in [0.25, 0.3) is 0 Å². The Morgan fingerprint density at radius 2 is 1.68 bits per heavy atom. The number of carbonyl (C=O) groups excluding carboxylic acids is 4. The van der Waals surface area contributed by atoms with Gasteiger partial charge in [0, 0.05) is 32.7 Å². The molecule has 1 heterocycles. The van der Waals surface area contributed by atoms with Crippen molar-refractivity contribution in [3.8, 4) is 5.75 Å². The van der Waals surface area contributed by atoms with Crippen LogP contribution in [-0.2, 0) is 19.2 Å². The second kappa shape index (κ2) is 8.79. The highest BCUT2D eigenvalue weighted by Gasteiger charge is 2.56. The summed E-state index contributed by atoms with van der Waals surface area (Å²) >= 11 is 12.9. The topological polar surface area (TPSA) is 91.8 Å².